The molecule has 0 aromatic carbocycles. The zero-order valence-electron chi connectivity index (χ0n) is 9.41. The molecule has 5 heteroatoms. The molecule has 15 heavy (non-hydrogen) atoms. The van der Waals surface area contributed by atoms with Crippen molar-refractivity contribution in [2.75, 3.05) is 5.73 Å². The number of hydrogen-bond acceptors (Lipinski definition) is 3. The molecule has 0 saturated carbocycles. The van der Waals surface area contributed by atoms with Crippen LogP contribution in [0.2, 0.25) is 0 Å². The van der Waals surface area contributed by atoms with E-state index in [0.29, 0.717) is 11.7 Å². The summed E-state index contributed by atoms with van der Waals surface area (Å²) in [5.41, 5.74) is 7.76. The van der Waals surface area contributed by atoms with Crippen molar-refractivity contribution in [2.45, 2.75) is 39.7 Å². The van der Waals surface area contributed by atoms with Crippen LogP contribution < -0.4 is 5.73 Å². The predicted octanol–water partition coefficient (Wildman–Crippen LogP) is 1.87. The molecule has 0 amide bonds. The number of H-pyrrole nitrogens is 1. The Hall–Kier alpha value is -1.52. The van der Waals surface area contributed by atoms with Crippen molar-refractivity contribution >= 4 is 16.9 Å². The molecule has 0 aliphatic heterocycles. The van der Waals surface area contributed by atoms with Crippen LogP contribution in [0.15, 0.2) is 0 Å². The SMILES string of the molecule is CCCn1nc(C(C)C)c2c(N)[nH]nc21. The van der Waals surface area contributed by atoms with Crippen LogP contribution in [-0.4, -0.2) is 20.0 Å². The van der Waals surface area contributed by atoms with Crippen molar-refractivity contribution in [2.24, 2.45) is 0 Å². The maximum Gasteiger partial charge on any atom is 0.182 e. The molecule has 0 spiro atoms. The fourth-order valence-corrected chi connectivity index (χ4v) is 1.78. The number of aromatic amines is 1. The Balaban J connectivity index is 2.64. The molecule has 2 rings (SSSR count). The van der Waals surface area contributed by atoms with Crippen molar-refractivity contribution in [1.29, 1.82) is 0 Å². The Bertz CT molecular complexity index is 465. The first-order chi connectivity index (χ1) is 7.15. The van der Waals surface area contributed by atoms with Crippen molar-refractivity contribution in [3.63, 3.8) is 0 Å². The number of nitrogens with one attached hydrogen (secondary N) is 1. The fourth-order valence-electron chi connectivity index (χ4n) is 1.78. The molecule has 0 aliphatic carbocycles. The Labute approximate surface area is 88.6 Å². The number of nitrogens with zero attached hydrogens (tertiary/aromatic N) is 3. The minimum absolute atomic E-state index is 0.366. The molecule has 0 fully saturated rings. The van der Waals surface area contributed by atoms with E-state index in [2.05, 4.69) is 36.1 Å². The van der Waals surface area contributed by atoms with E-state index in [4.69, 9.17) is 5.73 Å². The minimum atomic E-state index is 0.366. The Kier molecular flexibility index (Phi) is 2.38. The summed E-state index contributed by atoms with van der Waals surface area (Å²) >= 11 is 0. The summed E-state index contributed by atoms with van der Waals surface area (Å²) in [7, 11) is 0. The second kappa shape index (κ2) is 3.56. The first-order valence-electron chi connectivity index (χ1n) is 5.35. The quantitative estimate of drug-likeness (QED) is 0.807. The van der Waals surface area contributed by atoms with Crippen LogP contribution >= 0.6 is 0 Å². The van der Waals surface area contributed by atoms with E-state index in [9.17, 15) is 0 Å². The summed E-state index contributed by atoms with van der Waals surface area (Å²) in [6, 6.07) is 0. The number of nitrogen functional groups attached to an aromatic ring is 1. The molecule has 2 aromatic heterocycles. The highest BCUT2D eigenvalue weighted by molar-refractivity contribution is 5.89. The average Bonchev–Trinajstić information content (AvgIpc) is 2.70. The summed E-state index contributed by atoms with van der Waals surface area (Å²) in [6.45, 7) is 7.24. The normalized spacial score (nSPS) is 11.7. The van der Waals surface area contributed by atoms with Gasteiger partial charge in [0.05, 0.1) is 11.1 Å². The topological polar surface area (TPSA) is 72.5 Å². The second-order valence-corrected chi connectivity index (χ2v) is 4.10. The van der Waals surface area contributed by atoms with Crippen molar-refractivity contribution in [3.05, 3.63) is 5.69 Å². The maximum absolute atomic E-state index is 5.85. The van der Waals surface area contributed by atoms with Crippen LogP contribution in [-0.2, 0) is 6.54 Å². The van der Waals surface area contributed by atoms with Crippen LogP contribution in [0.25, 0.3) is 11.0 Å². The van der Waals surface area contributed by atoms with Gasteiger partial charge in [-0.3, -0.25) is 5.10 Å². The summed E-state index contributed by atoms with van der Waals surface area (Å²) < 4.78 is 1.93. The highest BCUT2D eigenvalue weighted by atomic mass is 15.3. The number of anilines is 1. The number of rotatable bonds is 3. The molecule has 3 N–H and O–H groups in total. The van der Waals surface area contributed by atoms with Crippen LogP contribution in [0.5, 0.6) is 0 Å². The smallest absolute Gasteiger partial charge is 0.182 e. The van der Waals surface area contributed by atoms with E-state index in [0.717, 1.165) is 29.7 Å². The molecule has 2 aromatic rings. The third kappa shape index (κ3) is 1.48. The molecule has 5 nitrogen and oxygen atoms in total. The predicted molar refractivity (Wildman–Crippen MR) is 60.7 cm³/mol. The lowest BCUT2D eigenvalue weighted by atomic mass is 10.1. The molecule has 0 bridgehead atoms. The fraction of sp³-hybridized carbons (Fsp3) is 0.600. The highest BCUT2D eigenvalue weighted by Crippen LogP contribution is 2.27. The van der Waals surface area contributed by atoms with Gasteiger partial charge in [0, 0.05) is 6.54 Å². The Morgan fingerprint density at radius 1 is 1.47 bits per heavy atom. The van der Waals surface area contributed by atoms with Gasteiger partial charge in [0.1, 0.15) is 5.82 Å². The zero-order chi connectivity index (χ0) is 11.0. The largest absolute Gasteiger partial charge is 0.383 e. The number of hydrogen-bond donors (Lipinski definition) is 2. The van der Waals surface area contributed by atoms with Gasteiger partial charge in [-0.1, -0.05) is 20.8 Å². The first-order valence-corrected chi connectivity index (χ1v) is 5.35. The molecule has 0 atom stereocenters. The standard InChI is InChI=1S/C10H17N5/c1-4-5-15-10-7(9(11)12-13-10)8(14-15)6(2)3/h6H,4-5H2,1-3H3,(H3,11,12,13). The summed E-state index contributed by atoms with van der Waals surface area (Å²) in [5, 5.41) is 12.5. The molecule has 0 aliphatic rings. The Morgan fingerprint density at radius 3 is 2.80 bits per heavy atom. The van der Waals surface area contributed by atoms with Gasteiger partial charge in [-0.15, -0.1) is 0 Å². The number of aromatic nitrogens is 4. The van der Waals surface area contributed by atoms with Gasteiger partial charge in [-0.05, 0) is 12.3 Å². The number of aryl methyl sites for hydroxylation is 1. The van der Waals surface area contributed by atoms with Gasteiger partial charge in [0.25, 0.3) is 0 Å². The monoisotopic (exact) mass is 207 g/mol. The molecule has 0 radical (unpaired) electrons. The van der Waals surface area contributed by atoms with Gasteiger partial charge in [0.2, 0.25) is 0 Å². The first kappa shape index (κ1) is 10.0. The van der Waals surface area contributed by atoms with Crippen LogP contribution in [0.3, 0.4) is 0 Å². The summed E-state index contributed by atoms with van der Waals surface area (Å²) in [5.74, 6) is 0.988. The van der Waals surface area contributed by atoms with Gasteiger partial charge < -0.3 is 5.73 Å². The Morgan fingerprint density at radius 2 is 2.20 bits per heavy atom. The van der Waals surface area contributed by atoms with Crippen molar-refractivity contribution < 1.29 is 0 Å². The van der Waals surface area contributed by atoms with E-state index in [1.807, 2.05) is 4.68 Å². The summed E-state index contributed by atoms with van der Waals surface area (Å²) in [6.07, 6.45) is 1.04. The van der Waals surface area contributed by atoms with Gasteiger partial charge in [-0.2, -0.15) is 10.2 Å². The second-order valence-electron chi connectivity index (χ2n) is 4.10. The summed E-state index contributed by atoms with van der Waals surface area (Å²) in [4.78, 5) is 0. The third-order valence-corrected chi connectivity index (χ3v) is 2.49. The third-order valence-electron chi connectivity index (χ3n) is 2.49. The van der Waals surface area contributed by atoms with E-state index in [1.54, 1.807) is 0 Å². The van der Waals surface area contributed by atoms with Crippen LogP contribution in [0.1, 0.15) is 38.8 Å². The molecular formula is C10H17N5. The van der Waals surface area contributed by atoms with E-state index >= 15 is 0 Å². The van der Waals surface area contributed by atoms with Crippen LogP contribution in [0.4, 0.5) is 5.82 Å². The van der Waals surface area contributed by atoms with Crippen molar-refractivity contribution in [1.82, 2.24) is 20.0 Å². The minimum Gasteiger partial charge on any atom is -0.383 e. The molecular weight excluding hydrogens is 190 g/mol. The lowest BCUT2D eigenvalue weighted by molar-refractivity contribution is 0.598. The van der Waals surface area contributed by atoms with E-state index in [1.165, 1.54) is 0 Å². The van der Waals surface area contributed by atoms with Gasteiger partial charge >= 0.3 is 0 Å². The van der Waals surface area contributed by atoms with Crippen LogP contribution in [0, 0.1) is 0 Å². The highest BCUT2D eigenvalue weighted by Gasteiger charge is 2.17. The number of fused-ring (bicyclic) bond motifs is 1. The van der Waals surface area contributed by atoms with E-state index < -0.39 is 0 Å². The zero-order valence-corrected chi connectivity index (χ0v) is 9.41. The lowest BCUT2D eigenvalue weighted by Crippen LogP contribution is -2.01. The molecule has 82 valence electrons. The van der Waals surface area contributed by atoms with Crippen molar-refractivity contribution in [3.8, 4) is 0 Å². The molecule has 0 saturated heterocycles. The van der Waals surface area contributed by atoms with Gasteiger partial charge in [-0.25, -0.2) is 4.68 Å². The molecule has 2 heterocycles. The maximum atomic E-state index is 5.85. The number of nitrogens with two attached hydrogens (primary N) is 1. The van der Waals surface area contributed by atoms with E-state index in [-0.39, 0.29) is 0 Å². The van der Waals surface area contributed by atoms with Gasteiger partial charge in [0.15, 0.2) is 5.65 Å². The average molecular weight is 207 g/mol. The molecule has 0 unspecified atom stereocenters. The lowest BCUT2D eigenvalue weighted by Gasteiger charge is -2.00.